The topological polar surface area (TPSA) is 44.8 Å². The molecule has 0 aromatic rings. The van der Waals surface area contributed by atoms with Gasteiger partial charge >= 0.3 is 5.97 Å². The van der Waals surface area contributed by atoms with Crippen LogP contribution >= 0.6 is 0 Å². The lowest BCUT2D eigenvalue weighted by molar-refractivity contribution is -0.226. The Kier molecular flexibility index (Phi) is 2.91. The summed E-state index contributed by atoms with van der Waals surface area (Å²) in [6.45, 7) is 7.02. The molecule has 130 valence electrons. The molecule has 5 rings (SSSR count). The third-order valence-corrected chi connectivity index (χ3v) is 7.98. The third kappa shape index (κ3) is 1.66. The lowest BCUT2D eigenvalue weighted by atomic mass is 9.43. The highest BCUT2D eigenvalue weighted by atomic mass is 16.7. The summed E-state index contributed by atoms with van der Waals surface area (Å²) in [5.41, 5.74) is 1.16. The van der Waals surface area contributed by atoms with E-state index in [1.165, 1.54) is 0 Å². The second-order valence-corrected chi connectivity index (χ2v) is 8.90. The number of esters is 1. The summed E-state index contributed by atoms with van der Waals surface area (Å²) in [6, 6.07) is 0. The predicted octanol–water partition coefficient (Wildman–Crippen LogP) is 3.58. The molecule has 0 aromatic carbocycles. The molecule has 2 aliphatic carbocycles. The van der Waals surface area contributed by atoms with Gasteiger partial charge in [0.1, 0.15) is 6.10 Å². The lowest BCUT2D eigenvalue weighted by Gasteiger charge is -2.61. The first-order valence-electron chi connectivity index (χ1n) is 9.32. The van der Waals surface area contributed by atoms with Gasteiger partial charge in [-0.3, -0.25) is 4.79 Å². The van der Waals surface area contributed by atoms with Crippen LogP contribution in [0, 0.1) is 28.6 Å². The van der Waals surface area contributed by atoms with Gasteiger partial charge in [-0.15, -0.1) is 0 Å². The van der Waals surface area contributed by atoms with Gasteiger partial charge < -0.3 is 14.2 Å². The molecular formula is C20H26O4. The molecule has 0 N–H and O–H groups in total. The SMILES string of the molecule is C[C@@H]1C[C@@H]2OC(=O)[C@@H]3CC[C@H]4OC5OC=C/C5=C/C[C@]1(C)[C@H]4[C@]23C. The van der Waals surface area contributed by atoms with Crippen LogP contribution in [0.5, 0.6) is 0 Å². The number of carbonyl (C=O) groups excluding carboxylic acids is 1. The Balaban J connectivity index is 1.65. The van der Waals surface area contributed by atoms with Gasteiger partial charge in [0.2, 0.25) is 6.29 Å². The summed E-state index contributed by atoms with van der Waals surface area (Å²) in [7, 11) is 0. The molecule has 2 saturated carbocycles. The zero-order valence-corrected chi connectivity index (χ0v) is 14.7. The Morgan fingerprint density at radius 2 is 2.08 bits per heavy atom. The molecule has 24 heavy (non-hydrogen) atoms. The molecular weight excluding hydrogens is 304 g/mol. The Morgan fingerprint density at radius 3 is 2.92 bits per heavy atom. The van der Waals surface area contributed by atoms with Crippen molar-refractivity contribution < 1.29 is 19.0 Å². The zero-order chi connectivity index (χ0) is 16.7. The van der Waals surface area contributed by atoms with Crippen molar-refractivity contribution in [3.8, 4) is 0 Å². The third-order valence-electron chi connectivity index (χ3n) is 7.98. The molecule has 4 heteroatoms. The molecule has 3 aliphatic heterocycles. The minimum absolute atomic E-state index is 0.0227. The smallest absolute Gasteiger partial charge is 0.309 e. The average molecular weight is 330 g/mol. The largest absolute Gasteiger partial charge is 0.468 e. The molecule has 3 fully saturated rings. The van der Waals surface area contributed by atoms with E-state index in [0.717, 1.165) is 31.3 Å². The average Bonchev–Trinajstić information content (AvgIpc) is 3.05. The Labute approximate surface area is 143 Å². The molecule has 0 aromatic heterocycles. The van der Waals surface area contributed by atoms with Gasteiger partial charge in [-0.1, -0.05) is 26.8 Å². The number of ether oxygens (including phenoxy) is 3. The van der Waals surface area contributed by atoms with Crippen molar-refractivity contribution >= 4 is 5.97 Å². The van der Waals surface area contributed by atoms with Gasteiger partial charge in [-0.2, -0.15) is 0 Å². The van der Waals surface area contributed by atoms with Crippen LogP contribution in [0.15, 0.2) is 24.0 Å². The first kappa shape index (κ1) is 15.0. The van der Waals surface area contributed by atoms with E-state index in [0.29, 0.717) is 11.8 Å². The number of allylic oxidation sites excluding steroid dienone is 1. The Bertz CT molecular complexity index is 652. The Hall–Kier alpha value is -1.29. The van der Waals surface area contributed by atoms with E-state index in [9.17, 15) is 4.79 Å². The van der Waals surface area contributed by atoms with Crippen molar-refractivity contribution in [3.05, 3.63) is 24.0 Å². The fourth-order valence-electron chi connectivity index (χ4n) is 6.50. The van der Waals surface area contributed by atoms with Crippen LogP contribution in [0.4, 0.5) is 0 Å². The Morgan fingerprint density at radius 1 is 1.25 bits per heavy atom. The molecule has 8 atom stereocenters. The van der Waals surface area contributed by atoms with Crippen molar-refractivity contribution in [2.45, 2.75) is 65.0 Å². The molecule has 0 amide bonds. The summed E-state index contributed by atoms with van der Waals surface area (Å²) in [5.74, 6) is 0.876. The minimum atomic E-state index is -0.270. The maximum atomic E-state index is 12.5. The zero-order valence-electron chi connectivity index (χ0n) is 14.7. The van der Waals surface area contributed by atoms with Crippen molar-refractivity contribution in [1.82, 2.24) is 0 Å². The summed E-state index contributed by atoms with van der Waals surface area (Å²) in [4.78, 5) is 12.5. The molecule has 4 nitrogen and oxygen atoms in total. The van der Waals surface area contributed by atoms with E-state index in [1.54, 1.807) is 6.26 Å². The second kappa shape index (κ2) is 4.66. The summed E-state index contributed by atoms with van der Waals surface area (Å²) in [5, 5.41) is 0. The van der Waals surface area contributed by atoms with E-state index < -0.39 is 0 Å². The molecule has 5 aliphatic rings. The van der Waals surface area contributed by atoms with Crippen LogP contribution in [-0.2, 0) is 19.0 Å². The van der Waals surface area contributed by atoms with Crippen molar-refractivity contribution in [2.24, 2.45) is 28.6 Å². The normalized spacial score (nSPS) is 57.0. The first-order valence-corrected chi connectivity index (χ1v) is 9.32. The first-order chi connectivity index (χ1) is 11.4. The van der Waals surface area contributed by atoms with E-state index in [1.807, 2.05) is 6.08 Å². The molecule has 1 saturated heterocycles. The highest BCUT2D eigenvalue weighted by Gasteiger charge is 2.69. The number of carbonyl (C=O) groups is 1. The summed E-state index contributed by atoms with van der Waals surface area (Å²) in [6.07, 6.45) is 9.75. The van der Waals surface area contributed by atoms with E-state index in [4.69, 9.17) is 14.2 Å². The van der Waals surface area contributed by atoms with Crippen LogP contribution in [0.2, 0.25) is 0 Å². The van der Waals surface area contributed by atoms with Gasteiger partial charge in [-0.25, -0.2) is 0 Å². The van der Waals surface area contributed by atoms with Crippen molar-refractivity contribution in [2.75, 3.05) is 0 Å². The molecule has 0 spiro atoms. The van der Waals surface area contributed by atoms with Crippen molar-refractivity contribution in [3.63, 3.8) is 0 Å². The minimum Gasteiger partial charge on any atom is -0.468 e. The van der Waals surface area contributed by atoms with Gasteiger partial charge in [0, 0.05) is 16.9 Å². The summed E-state index contributed by atoms with van der Waals surface area (Å²) >= 11 is 0. The molecule has 0 radical (unpaired) electrons. The quantitative estimate of drug-likeness (QED) is 0.637. The fourth-order valence-corrected chi connectivity index (χ4v) is 6.50. The van der Waals surface area contributed by atoms with Gasteiger partial charge in [0.15, 0.2) is 0 Å². The number of hydrogen-bond acceptors (Lipinski definition) is 4. The van der Waals surface area contributed by atoms with Crippen LogP contribution in [-0.4, -0.2) is 24.5 Å². The predicted molar refractivity (Wildman–Crippen MR) is 87.7 cm³/mol. The number of rotatable bonds is 0. The van der Waals surface area contributed by atoms with Crippen LogP contribution < -0.4 is 0 Å². The lowest BCUT2D eigenvalue weighted by Crippen LogP contribution is -2.62. The second-order valence-electron chi connectivity index (χ2n) is 8.90. The monoisotopic (exact) mass is 330 g/mol. The number of fused-ring (bicyclic) bond motifs is 1. The highest BCUT2D eigenvalue weighted by Crippen LogP contribution is 2.67. The highest BCUT2D eigenvalue weighted by molar-refractivity contribution is 5.76. The standard InChI is InChI=1S/C20H26O4/c1-11-10-15-20(3)13(17(21)24-15)4-5-14-16(20)19(11,2)8-6-12-7-9-22-18(12)23-14/h6-7,9,11,13-16,18H,4-5,8,10H2,1-3H3/b12-6-/t11-,13+,14-,15+,16+,18?,19+,20+/m1/s1. The van der Waals surface area contributed by atoms with Gasteiger partial charge in [0.05, 0.1) is 18.3 Å². The van der Waals surface area contributed by atoms with Gasteiger partial charge in [0.25, 0.3) is 0 Å². The van der Waals surface area contributed by atoms with Crippen LogP contribution in [0.3, 0.4) is 0 Å². The number of hydrogen-bond donors (Lipinski definition) is 0. The van der Waals surface area contributed by atoms with Crippen LogP contribution in [0.1, 0.15) is 46.5 Å². The van der Waals surface area contributed by atoms with E-state index in [2.05, 4.69) is 26.8 Å². The maximum Gasteiger partial charge on any atom is 0.309 e. The molecule has 1 unspecified atom stereocenters. The van der Waals surface area contributed by atoms with Gasteiger partial charge in [-0.05, 0) is 43.1 Å². The van der Waals surface area contributed by atoms with Crippen molar-refractivity contribution in [1.29, 1.82) is 0 Å². The molecule has 0 bridgehead atoms. The van der Waals surface area contributed by atoms with Crippen LogP contribution in [0.25, 0.3) is 0 Å². The fraction of sp³-hybridized carbons (Fsp3) is 0.750. The summed E-state index contributed by atoms with van der Waals surface area (Å²) < 4.78 is 18.0. The van der Waals surface area contributed by atoms with E-state index in [-0.39, 0.29) is 41.2 Å². The maximum absolute atomic E-state index is 12.5. The molecule has 3 heterocycles. The van der Waals surface area contributed by atoms with E-state index >= 15 is 0 Å².